The smallest absolute Gasteiger partial charge is 0.254 e. The maximum Gasteiger partial charge on any atom is 0.254 e. The summed E-state index contributed by atoms with van der Waals surface area (Å²) >= 11 is 0. The number of aromatic nitrogens is 3. The van der Waals surface area contributed by atoms with E-state index in [-0.39, 0.29) is 5.91 Å². The highest BCUT2D eigenvalue weighted by molar-refractivity contribution is 6.07. The molecule has 0 spiro atoms. The first-order valence-electron chi connectivity index (χ1n) is 10.7. The molecule has 1 aromatic carbocycles. The molecule has 3 heterocycles. The second-order valence-corrected chi connectivity index (χ2v) is 8.79. The maximum atomic E-state index is 13.5. The third-order valence-corrected chi connectivity index (χ3v) is 6.45. The Kier molecular flexibility index (Phi) is 5.60. The summed E-state index contributed by atoms with van der Waals surface area (Å²) in [6.45, 7) is 7.17. The summed E-state index contributed by atoms with van der Waals surface area (Å²) < 4.78 is 1.76. The van der Waals surface area contributed by atoms with E-state index in [0.29, 0.717) is 5.92 Å². The van der Waals surface area contributed by atoms with Gasteiger partial charge in [-0.05, 0) is 69.9 Å². The molecule has 0 aliphatic carbocycles. The van der Waals surface area contributed by atoms with E-state index >= 15 is 0 Å². The van der Waals surface area contributed by atoms with Gasteiger partial charge in [-0.1, -0.05) is 12.1 Å². The summed E-state index contributed by atoms with van der Waals surface area (Å²) in [4.78, 5) is 22.7. The predicted molar refractivity (Wildman–Crippen MR) is 121 cm³/mol. The van der Waals surface area contributed by atoms with E-state index in [4.69, 9.17) is 4.98 Å². The van der Waals surface area contributed by atoms with Gasteiger partial charge in [0.2, 0.25) is 0 Å². The molecule has 0 radical (unpaired) electrons. The minimum atomic E-state index is 0.0646. The van der Waals surface area contributed by atoms with Crippen molar-refractivity contribution in [3.8, 4) is 11.3 Å². The Balaban J connectivity index is 1.72. The average molecular weight is 406 g/mol. The van der Waals surface area contributed by atoms with Crippen LogP contribution in [-0.4, -0.2) is 64.2 Å². The van der Waals surface area contributed by atoms with Crippen molar-refractivity contribution < 1.29 is 4.79 Å². The Morgan fingerprint density at radius 2 is 1.93 bits per heavy atom. The summed E-state index contributed by atoms with van der Waals surface area (Å²) in [5.41, 5.74) is 5.62. The Morgan fingerprint density at radius 3 is 2.60 bits per heavy atom. The Bertz CT molecular complexity index is 1080. The first-order valence-corrected chi connectivity index (χ1v) is 10.7. The summed E-state index contributed by atoms with van der Waals surface area (Å²) in [6, 6.07) is 6.05. The second kappa shape index (κ2) is 8.19. The highest BCUT2D eigenvalue weighted by Gasteiger charge is 2.23. The molecule has 30 heavy (non-hydrogen) atoms. The zero-order valence-corrected chi connectivity index (χ0v) is 18.6. The molecular formula is C24H31N5O. The van der Waals surface area contributed by atoms with Crippen molar-refractivity contribution in [2.24, 2.45) is 13.0 Å². The summed E-state index contributed by atoms with van der Waals surface area (Å²) in [5, 5.41) is 5.21. The molecule has 0 unspecified atom stereocenters. The fourth-order valence-corrected chi connectivity index (χ4v) is 4.33. The Labute approximate surface area is 178 Å². The maximum absolute atomic E-state index is 13.5. The van der Waals surface area contributed by atoms with Crippen LogP contribution in [0.1, 0.15) is 34.3 Å². The molecule has 2 aromatic heterocycles. The van der Waals surface area contributed by atoms with Crippen LogP contribution in [0.15, 0.2) is 30.6 Å². The third kappa shape index (κ3) is 3.97. The highest BCUT2D eigenvalue weighted by atomic mass is 16.2. The number of aryl methyl sites for hydroxylation is 3. The largest absolute Gasteiger partial charge is 0.341 e. The van der Waals surface area contributed by atoms with Gasteiger partial charge in [0.15, 0.2) is 0 Å². The van der Waals surface area contributed by atoms with E-state index in [1.165, 1.54) is 5.56 Å². The lowest BCUT2D eigenvalue weighted by atomic mass is 9.95. The van der Waals surface area contributed by atoms with Gasteiger partial charge in [-0.3, -0.25) is 9.48 Å². The van der Waals surface area contributed by atoms with Crippen LogP contribution in [0.25, 0.3) is 22.2 Å². The quantitative estimate of drug-likeness (QED) is 0.665. The van der Waals surface area contributed by atoms with Crippen LogP contribution in [0.3, 0.4) is 0 Å². The van der Waals surface area contributed by atoms with Crippen molar-refractivity contribution in [2.45, 2.75) is 26.7 Å². The van der Waals surface area contributed by atoms with Crippen LogP contribution in [-0.2, 0) is 7.05 Å². The highest BCUT2D eigenvalue weighted by Crippen LogP contribution is 2.29. The molecule has 0 saturated carbocycles. The molecule has 3 aromatic rings. The molecule has 1 saturated heterocycles. The standard InChI is InChI=1S/C24H31N5O/c1-16-6-7-20-21(24(30)28(4)14-18-8-10-27(3)11-9-18)12-22(26-23(20)17(16)2)19-13-25-29(5)15-19/h6-7,12-13,15,18H,8-11,14H2,1-5H3. The number of nitrogens with zero attached hydrogens (tertiary/aromatic N) is 5. The lowest BCUT2D eigenvalue weighted by Crippen LogP contribution is -2.38. The molecule has 6 nitrogen and oxygen atoms in total. The van der Waals surface area contributed by atoms with Crippen molar-refractivity contribution in [1.82, 2.24) is 24.6 Å². The lowest BCUT2D eigenvalue weighted by Gasteiger charge is -2.31. The van der Waals surface area contributed by atoms with Gasteiger partial charge in [0.25, 0.3) is 5.91 Å². The average Bonchev–Trinajstić information content (AvgIpc) is 3.17. The van der Waals surface area contributed by atoms with Gasteiger partial charge in [0.1, 0.15) is 0 Å². The molecular weight excluding hydrogens is 374 g/mol. The molecule has 1 aliphatic heterocycles. The molecule has 0 atom stereocenters. The number of amides is 1. The minimum Gasteiger partial charge on any atom is -0.341 e. The summed E-state index contributed by atoms with van der Waals surface area (Å²) in [6.07, 6.45) is 6.03. The fourth-order valence-electron chi connectivity index (χ4n) is 4.33. The third-order valence-electron chi connectivity index (χ3n) is 6.45. The van der Waals surface area contributed by atoms with Crippen LogP contribution < -0.4 is 0 Å². The normalized spacial score (nSPS) is 15.6. The van der Waals surface area contributed by atoms with E-state index in [9.17, 15) is 4.79 Å². The van der Waals surface area contributed by atoms with Crippen LogP contribution in [0.2, 0.25) is 0 Å². The van der Waals surface area contributed by atoms with E-state index in [1.54, 1.807) is 10.9 Å². The predicted octanol–water partition coefficient (Wildman–Crippen LogP) is 3.67. The number of piperidine rings is 1. The molecule has 0 bridgehead atoms. The van der Waals surface area contributed by atoms with Crippen molar-refractivity contribution >= 4 is 16.8 Å². The van der Waals surface area contributed by atoms with E-state index in [2.05, 4.69) is 37.0 Å². The minimum absolute atomic E-state index is 0.0646. The molecule has 1 aliphatic rings. The molecule has 158 valence electrons. The van der Waals surface area contributed by atoms with E-state index < -0.39 is 0 Å². The van der Waals surface area contributed by atoms with Crippen molar-refractivity contribution in [1.29, 1.82) is 0 Å². The number of pyridine rings is 1. The molecule has 4 rings (SSSR count). The zero-order chi connectivity index (χ0) is 21.4. The van der Waals surface area contributed by atoms with Gasteiger partial charge in [-0.2, -0.15) is 5.10 Å². The van der Waals surface area contributed by atoms with E-state index in [0.717, 1.165) is 65.8 Å². The van der Waals surface area contributed by atoms with Crippen molar-refractivity contribution in [3.63, 3.8) is 0 Å². The SMILES string of the molecule is Cc1ccc2c(C(=O)N(C)CC3CCN(C)CC3)cc(-c3cnn(C)c3)nc2c1C. The number of likely N-dealkylation sites (tertiary alicyclic amines) is 1. The lowest BCUT2D eigenvalue weighted by molar-refractivity contribution is 0.0749. The summed E-state index contributed by atoms with van der Waals surface area (Å²) in [5.74, 6) is 0.625. The zero-order valence-electron chi connectivity index (χ0n) is 18.6. The Hall–Kier alpha value is -2.73. The number of carbonyl (C=O) groups excluding carboxylic acids is 1. The molecule has 1 fully saturated rings. The first-order chi connectivity index (χ1) is 14.3. The van der Waals surface area contributed by atoms with Gasteiger partial charge < -0.3 is 9.80 Å². The van der Waals surface area contributed by atoms with Crippen LogP contribution in [0.5, 0.6) is 0 Å². The van der Waals surface area contributed by atoms with Gasteiger partial charge in [0, 0.05) is 37.8 Å². The van der Waals surface area contributed by atoms with Gasteiger partial charge >= 0.3 is 0 Å². The number of carbonyl (C=O) groups is 1. The monoisotopic (exact) mass is 405 g/mol. The first kappa shape index (κ1) is 20.5. The molecule has 1 amide bonds. The van der Waals surface area contributed by atoms with Crippen molar-refractivity contribution in [3.05, 3.63) is 47.3 Å². The van der Waals surface area contributed by atoms with Crippen LogP contribution in [0.4, 0.5) is 0 Å². The number of hydrogen-bond acceptors (Lipinski definition) is 4. The summed E-state index contributed by atoms with van der Waals surface area (Å²) in [7, 11) is 5.98. The van der Waals surface area contributed by atoms with E-state index in [1.807, 2.05) is 37.3 Å². The second-order valence-electron chi connectivity index (χ2n) is 8.79. The number of benzene rings is 1. The fraction of sp³-hybridized carbons (Fsp3) is 0.458. The van der Waals surface area contributed by atoms with Gasteiger partial charge in [0.05, 0.1) is 23.0 Å². The van der Waals surface area contributed by atoms with Gasteiger partial charge in [-0.25, -0.2) is 4.98 Å². The van der Waals surface area contributed by atoms with Crippen molar-refractivity contribution in [2.75, 3.05) is 33.7 Å². The van der Waals surface area contributed by atoms with Gasteiger partial charge in [-0.15, -0.1) is 0 Å². The number of fused-ring (bicyclic) bond motifs is 1. The molecule has 0 N–H and O–H groups in total. The number of hydrogen-bond donors (Lipinski definition) is 0. The molecule has 6 heteroatoms. The number of rotatable bonds is 4. The Morgan fingerprint density at radius 1 is 1.20 bits per heavy atom. The van der Waals surface area contributed by atoms with Crippen LogP contribution in [0, 0.1) is 19.8 Å². The van der Waals surface area contributed by atoms with Crippen LogP contribution >= 0.6 is 0 Å². The topological polar surface area (TPSA) is 54.3 Å².